The third-order valence-electron chi connectivity index (χ3n) is 2.60. The van der Waals surface area contributed by atoms with Gasteiger partial charge in [-0.1, -0.05) is 37.6 Å². The SMILES string of the molecule is CC(C)c1ccc(-c2ccc(=O)[nH]n2)cc1Cl. The van der Waals surface area contributed by atoms with Gasteiger partial charge in [0.25, 0.3) is 5.56 Å². The average Bonchev–Trinajstić information content (AvgIpc) is 2.29. The van der Waals surface area contributed by atoms with E-state index in [1.54, 1.807) is 6.07 Å². The molecule has 0 aliphatic rings. The summed E-state index contributed by atoms with van der Waals surface area (Å²) in [6.45, 7) is 4.19. The number of nitrogens with zero attached hydrogens (tertiary/aromatic N) is 1. The summed E-state index contributed by atoms with van der Waals surface area (Å²) < 4.78 is 0. The maximum atomic E-state index is 10.9. The monoisotopic (exact) mass is 248 g/mol. The van der Waals surface area contributed by atoms with Crippen molar-refractivity contribution >= 4 is 11.6 Å². The second-order valence-electron chi connectivity index (χ2n) is 4.20. The lowest BCUT2D eigenvalue weighted by atomic mass is 10.0. The molecule has 1 heterocycles. The van der Waals surface area contributed by atoms with E-state index in [1.807, 2.05) is 18.2 Å². The summed E-state index contributed by atoms with van der Waals surface area (Å²) in [7, 11) is 0. The minimum Gasteiger partial charge on any atom is -0.268 e. The summed E-state index contributed by atoms with van der Waals surface area (Å²) in [5.41, 5.74) is 2.51. The van der Waals surface area contributed by atoms with Crippen molar-refractivity contribution in [2.45, 2.75) is 19.8 Å². The normalized spacial score (nSPS) is 10.8. The first-order valence-corrected chi connectivity index (χ1v) is 5.81. The van der Waals surface area contributed by atoms with Gasteiger partial charge in [0.2, 0.25) is 0 Å². The number of benzene rings is 1. The van der Waals surface area contributed by atoms with Gasteiger partial charge in [0.1, 0.15) is 0 Å². The summed E-state index contributed by atoms with van der Waals surface area (Å²) >= 11 is 6.21. The van der Waals surface area contributed by atoms with Crippen molar-refractivity contribution in [1.29, 1.82) is 0 Å². The lowest BCUT2D eigenvalue weighted by Crippen LogP contribution is -2.05. The topological polar surface area (TPSA) is 45.8 Å². The fourth-order valence-corrected chi connectivity index (χ4v) is 2.06. The van der Waals surface area contributed by atoms with Crippen LogP contribution < -0.4 is 5.56 Å². The predicted octanol–water partition coefficient (Wildman–Crippen LogP) is 3.21. The highest BCUT2D eigenvalue weighted by atomic mass is 35.5. The standard InChI is InChI=1S/C13H13ClN2O/c1-8(2)10-4-3-9(7-11(10)14)12-5-6-13(17)16-15-12/h3-8H,1-2H3,(H,16,17). The minimum atomic E-state index is -0.210. The van der Waals surface area contributed by atoms with Crippen molar-refractivity contribution < 1.29 is 0 Å². The van der Waals surface area contributed by atoms with Crippen molar-refractivity contribution in [3.05, 3.63) is 51.3 Å². The largest absolute Gasteiger partial charge is 0.268 e. The van der Waals surface area contributed by atoms with Crippen LogP contribution in [0.4, 0.5) is 0 Å². The van der Waals surface area contributed by atoms with Gasteiger partial charge in [0, 0.05) is 16.7 Å². The fraction of sp³-hybridized carbons (Fsp3) is 0.231. The molecule has 88 valence electrons. The lowest BCUT2D eigenvalue weighted by molar-refractivity contribution is 0.867. The second kappa shape index (κ2) is 4.72. The number of hydrogen-bond donors (Lipinski definition) is 1. The Labute approximate surface area is 104 Å². The van der Waals surface area contributed by atoms with E-state index in [2.05, 4.69) is 24.0 Å². The molecule has 0 saturated carbocycles. The second-order valence-corrected chi connectivity index (χ2v) is 4.60. The minimum absolute atomic E-state index is 0.210. The van der Waals surface area contributed by atoms with E-state index < -0.39 is 0 Å². The molecule has 0 spiro atoms. The zero-order valence-electron chi connectivity index (χ0n) is 9.70. The molecular formula is C13H13ClN2O. The Morgan fingerprint density at radius 1 is 1.24 bits per heavy atom. The number of hydrogen-bond acceptors (Lipinski definition) is 2. The molecule has 0 bridgehead atoms. The molecule has 0 unspecified atom stereocenters. The number of aromatic nitrogens is 2. The summed E-state index contributed by atoms with van der Waals surface area (Å²) in [6, 6.07) is 8.96. The van der Waals surface area contributed by atoms with Crippen LogP contribution in [0.15, 0.2) is 35.1 Å². The number of halogens is 1. The van der Waals surface area contributed by atoms with Gasteiger partial charge in [-0.15, -0.1) is 0 Å². The highest BCUT2D eigenvalue weighted by Crippen LogP contribution is 2.28. The Bertz CT molecular complexity index is 570. The van der Waals surface area contributed by atoms with Gasteiger partial charge in [0.05, 0.1) is 5.69 Å². The van der Waals surface area contributed by atoms with Crippen LogP contribution in [0.5, 0.6) is 0 Å². The average molecular weight is 249 g/mol. The van der Waals surface area contributed by atoms with E-state index >= 15 is 0 Å². The number of H-pyrrole nitrogens is 1. The van der Waals surface area contributed by atoms with Gasteiger partial charge < -0.3 is 0 Å². The maximum Gasteiger partial charge on any atom is 0.264 e. The zero-order chi connectivity index (χ0) is 12.4. The Hall–Kier alpha value is -1.61. The number of aromatic amines is 1. The molecule has 0 atom stereocenters. The highest BCUT2D eigenvalue weighted by Gasteiger charge is 2.07. The van der Waals surface area contributed by atoms with E-state index in [0.717, 1.165) is 16.1 Å². The predicted molar refractivity (Wildman–Crippen MR) is 69.4 cm³/mol. The van der Waals surface area contributed by atoms with Gasteiger partial charge in [-0.2, -0.15) is 5.10 Å². The van der Waals surface area contributed by atoms with E-state index in [0.29, 0.717) is 11.6 Å². The molecule has 0 aliphatic carbocycles. The molecule has 1 aromatic carbocycles. The molecule has 1 aromatic heterocycles. The van der Waals surface area contributed by atoms with E-state index in [-0.39, 0.29) is 5.56 Å². The van der Waals surface area contributed by atoms with E-state index in [9.17, 15) is 4.79 Å². The van der Waals surface area contributed by atoms with Gasteiger partial charge in [-0.05, 0) is 23.6 Å². The molecule has 2 rings (SSSR count). The van der Waals surface area contributed by atoms with Crippen molar-refractivity contribution in [2.24, 2.45) is 0 Å². The molecule has 1 N–H and O–H groups in total. The number of rotatable bonds is 2. The molecule has 0 fully saturated rings. The van der Waals surface area contributed by atoms with Crippen LogP contribution in [-0.2, 0) is 0 Å². The van der Waals surface area contributed by atoms with Gasteiger partial charge in [0.15, 0.2) is 0 Å². The first kappa shape index (κ1) is 11.9. The van der Waals surface area contributed by atoms with E-state index in [4.69, 9.17) is 11.6 Å². The summed E-state index contributed by atoms with van der Waals surface area (Å²) in [5, 5.41) is 7.10. The molecule has 0 radical (unpaired) electrons. The van der Waals surface area contributed by atoms with Crippen LogP contribution in [0.1, 0.15) is 25.3 Å². The first-order chi connectivity index (χ1) is 8.08. The van der Waals surface area contributed by atoms with Crippen molar-refractivity contribution in [1.82, 2.24) is 10.2 Å². The maximum absolute atomic E-state index is 10.9. The third kappa shape index (κ3) is 2.56. The first-order valence-electron chi connectivity index (χ1n) is 5.43. The molecular weight excluding hydrogens is 236 g/mol. The van der Waals surface area contributed by atoms with Gasteiger partial charge in [-0.3, -0.25) is 4.79 Å². The van der Waals surface area contributed by atoms with Gasteiger partial charge in [-0.25, -0.2) is 5.10 Å². The van der Waals surface area contributed by atoms with Crippen molar-refractivity contribution in [2.75, 3.05) is 0 Å². The Morgan fingerprint density at radius 2 is 2.00 bits per heavy atom. The number of nitrogens with one attached hydrogen (secondary N) is 1. The quantitative estimate of drug-likeness (QED) is 0.887. The van der Waals surface area contributed by atoms with Crippen LogP contribution in [0, 0.1) is 0 Å². The van der Waals surface area contributed by atoms with E-state index in [1.165, 1.54) is 6.07 Å². The molecule has 0 saturated heterocycles. The van der Waals surface area contributed by atoms with Crippen LogP contribution in [0.2, 0.25) is 5.02 Å². The molecule has 2 aromatic rings. The molecule has 0 aliphatic heterocycles. The summed E-state index contributed by atoms with van der Waals surface area (Å²) in [4.78, 5) is 10.9. The Morgan fingerprint density at radius 3 is 2.53 bits per heavy atom. The highest BCUT2D eigenvalue weighted by molar-refractivity contribution is 6.31. The molecule has 3 nitrogen and oxygen atoms in total. The third-order valence-corrected chi connectivity index (χ3v) is 2.92. The van der Waals surface area contributed by atoms with Crippen molar-refractivity contribution in [3.63, 3.8) is 0 Å². The Kier molecular flexibility index (Phi) is 3.29. The lowest BCUT2D eigenvalue weighted by Gasteiger charge is -2.09. The smallest absolute Gasteiger partial charge is 0.264 e. The van der Waals surface area contributed by atoms with Gasteiger partial charge >= 0.3 is 0 Å². The van der Waals surface area contributed by atoms with Crippen LogP contribution in [-0.4, -0.2) is 10.2 Å². The van der Waals surface area contributed by atoms with Crippen LogP contribution in [0.3, 0.4) is 0 Å². The van der Waals surface area contributed by atoms with Crippen molar-refractivity contribution in [3.8, 4) is 11.3 Å². The Balaban J connectivity index is 2.44. The zero-order valence-corrected chi connectivity index (χ0v) is 10.5. The summed E-state index contributed by atoms with van der Waals surface area (Å²) in [5.74, 6) is 0.389. The molecule has 4 heteroatoms. The van der Waals surface area contributed by atoms with Crippen LogP contribution in [0.25, 0.3) is 11.3 Å². The molecule has 0 amide bonds. The van der Waals surface area contributed by atoms with Crippen LogP contribution >= 0.6 is 11.6 Å². The molecule has 17 heavy (non-hydrogen) atoms. The summed E-state index contributed by atoms with van der Waals surface area (Å²) in [6.07, 6.45) is 0. The fourth-order valence-electron chi connectivity index (χ4n) is 1.66.